The summed E-state index contributed by atoms with van der Waals surface area (Å²) in [5, 5.41) is 5.81. The van der Waals surface area contributed by atoms with Crippen molar-refractivity contribution in [3.05, 3.63) is 59.7 Å². The molecule has 4 nitrogen and oxygen atoms in total. The summed E-state index contributed by atoms with van der Waals surface area (Å²) in [6.07, 6.45) is 2.16. The minimum absolute atomic E-state index is 0.00698. The smallest absolute Gasteiger partial charge is 0.234 e. The molecule has 0 aromatic heterocycles. The molecule has 138 valence electrons. The predicted octanol–water partition coefficient (Wildman–Crippen LogP) is 4.65. The Morgan fingerprint density at radius 1 is 0.962 bits per heavy atom. The number of thioether (sulfide) groups is 1. The molecule has 0 saturated carbocycles. The molecule has 26 heavy (non-hydrogen) atoms. The van der Waals surface area contributed by atoms with Crippen molar-refractivity contribution in [2.24, 2.45) is 0 Å². The molecular formula is C21H26N2O2S. The molecule has 0 aliphatic heterocycles. The SMILES string of the molecule is CCc1cccc(NC(=O)CSCCCC(=O)Nc2cccc(C)c2)c1. The van der Waals surface area contributed by atoms with E-state index in [0.29, 0.717) is 12.2 Å². The Bertz CT molecular complexity index is 746. The monoisotopic (exact) mass is 370 g/mol. The Morgan fingerprint density at radius 3 is 2.38 bits per heavy atom. The highest BCUT2D eigenvalue weighted by atomic mass is 32.2. The average molecular weight is 371 g/mol. The molecular weight excluding hydrogens is 344 g/mol. The normalized spacial score (nSPS) is 10.4. The number of hydrogen-bond donors (Lipinski definition) is 2. The average Bonchev–Trinajstić information content (AvgIpc) is 2.61. The predicted molar refractivity (Wildman–Crippen MR) is 111 cm³/mol. The minimum atomic E-state index is -0.00698. The number of amides is 2. The van der Waals surface area contributed by atoms with Gasteiger partial charge >= 0.3 is 0 Å². The second kappa shape index (κ2) is 10.7. The van der Waals surface area contributed by atoms with Gasteiger partial charge in [-0.3, -0.25) is 9.59 Å². The van der Waals surface area contributed by atoms with Crippen LogP contribution >= 0.6 is 11.8 Å². The van der Waals surface area contributed by atoms with Crippen molar-refractivity contribution < 1.29 is 9.59 Å². The lowest BCUT2D eigenvalue weighted by molar-refractivity contribution is -0.116. The Labute approximate surface area is 159 Å². The maximum Gasteiger partial charge on any atom is 0.234 e. The van der Waals surface area contributed by atoms with E-state index in [-0.39, 0.29) is 11.8 Å². The summed E-state index contributed by atoms with van der Waals surface area (Å²) in [5.41, 5.74) is 3.99. The van der Waals surface area contributed by atoms with Crippen molar-refractivity contribution in [1.82, 2.24) is 0 Å². The van der Waals surface area contributed by atoms with E-state index in [1.165, 1.54) is 5.56 Å². The third-order valence-corrected chi connectivity index (χ3v) is 4.89. The fourth-order valence-electron chi connectivity index (χ4n) is 2.51. The lowest BCUT2D eigenvalue weighted by atomic mass is 10.1. The van der Waals surface area contributed by atoms with Crippen molar-refractivity contribution >= 4 is 35.0 Å². The van der Waals surface area contributed by atoms with E-state index in [0.717, 1.165) is 35.5 Å². The molecule has 2 aromatic carbocycles. The van der Waals surface area contributed by atoms with Crippen LogP contribution in [0.5, 0.6) is 0 Å². The van der Waals surface area contributed by atoms with Gasteiger partial charge in [-0.25, -0.2) is 0 Å². The number of rotatable bonds is 9. The van der Waals surface area contributed by atoms with Gasteiger partial charge < -0.3 is 10.6 Å². The number of aryl methyl sites for hydroxylation is 2. The molecule has 0 heterocycles. The molecule has 2 aromatic rings. The summed E-state index contributed by atoms with van der Waals surface area (Å²) in [5.74, 6) is 1.18. The van der Waals surface area contributed by atoms with Crippen molar-refractivity contribution in [2.45, 2.75) is 33.1 Å². The van der Waals surface area contributed by atoms with Crippen molar-refractivity contribution in [3.63, 3.8) is 0 Å². The largest absolute Gasteiger partial charge is 0.326 e. The molecule has 2 rings (SSSR count). The van der Waals surface area contributed by atoms with Gasteiger partial charge in [-0.05, 0) is 60.9 Å². The van der Waals surface area contributed by atoms with Crippen LogP contribution < -0.4 is 10.6 Å². The minimum Gasteiger partial charge on any atom is -0.326 e. The van der Waals surface area contributed by atoms with Gasteiger partial charge in [0.05, 0.1) is 5.75 Å². The molecule has 0 aliphatic carbocycles. The zero-order valence-electron chi connectivity index (χ0n) is 15.4. The van der Waals surface area contributed by atoms with Crippen LogP contribution in [0.25, 0.3) is 0 Å². The van der Waals surface area contributed by atoms with Gasteiger partial charge in [-0.1, -0.05) is 31.2 Å². The van der Waals surface area contributed by atoms with Crippen LogP contribution in [0.4, 0.5) is 11.4 Å². The highest BCUT2D eigenvalue weighted by Crippen LogP contribution is 2.13. The first-order valence-electron chi connectivity index (χ1n) is 8.90. The summed E-state index contributed by atoms with van der Waals surface area (Å²) in [6.45, 7) is 4.09. The Kier molecular flexibility index (Phi) is 8.22. The Balaban J connectivity index is 1.60. The summed E-state index contributed by atoms with van der Waals surface area (Å²) >= 11 is 1.55. The van der Waals surface area contributed by atoms with Crippen LogP contribution in [0.3, 0.4) is 0 Å². The fourth-order valence-corrected chi connectivity index (χ4v) is 3.26. The molecule has 0 saturated heterocycles. The molecule has 0 unspecified atom stereocenters. The number of carbonyl (C=O) groups is 2. The summed E-state index contributed by atoms with van der Waals surface area (Å²) in [4.78, 5) is 23.9. The highest BCUT2D eigenvalue weighted by Gasteiger charge is 2.05. The third kappa shape index (κ3) is 7.31. The highest BCUT2D eigenvalue weighted by molar-refractivity contribution is 7.99. The second-order valence-corrected chi connectivity index (χ2v) is 7.28. The first-order valence-corrected chi connectivity index (χ1v) is 10.1. The topological polar surface area (TPSA) is 58.2 Å². The van der Waals surface area contributed by atoms with Crippen molar-refractivity contribution in [1.29, 1.82) is 0 Å². The van der Waals surface area contributed by atoms with Gasteiger partial charge in [-0.15, -0.1) is 0 Å². The lowest BCUT2D eigenvalue weighted by Crippen LogP contribution is -2.15. The van der Waals surface area contributed by atoms with E-state index >= 15 is 0 Å². The number of anilines is 2. The first kappa shape index (κ1) is 20.0. The fraction of sp³-hybridized carbons (Fsp3) is 0.333. The Morgan fingerprint density at radius 2 is 1.65 bits per heavy atom. The van der Waals surface area contributed by atoms with Crippen LogP contribution in [-0.2, 0) is 16.0 Å². The maximum absolute atomic E-state index is 12.0. The van der Waals surface area contributed by atoms with Crippen molar-refractivity contribution in [2.75, 3.05) is 22.1 Å². The lowest BCUT2D eigenvalue weighted by Gasteiger charge is -2.07. The molecule has 0 fully saturated rings. The van der Waals surface area contributed by atoms with Gasteiger partial charge in [-0.2, -0.15) is 11.8 Å². The quantitative estimate of drug-likeness (QED) is 0.632. The third-order valence-electron chi connectivity index (χ3n) is 3.85. The van der Waals surface area contributed by atoms with Gasteiger partial charge in [0, 0.05) is 17.8 Å². The number of carbonyl (C=O) groups excluding carboxylic acids is 2. The van der Waals surface area contributed by atoms with Gasteiger partial charge in [0.1, 0.15) is 0 Å². The van der Waals surface area contributed by atoms with E-state index in [2.05, 4.69) is 17.6 Å². The molecule has 0 atom stereocenters. The van der Waals surface area contributed by atoms with Crippen LogP contribution in [0, 0.1) is 6.92 Å². The molecule has 2 amide bonds. The van der Waals surface area contributed by atoms with Gasteiger partial charge in [0.15, 0.2) is 0 Å². The summed E-state index contributed by atoms with van der Waals surface area (Å²) < 4.78 is 0. The van der Waals surface area contributed by atoms with Gasteiger partial charge in [0.2, 0.25) is 11.8 Å². The zero-order valence-corrected chi connectivity index (χ0v) is 16.2. The van der Waals surface area contributed by atoms with E-state index in [4.69, 9.17) is 0 Å². The molecule has 2 N–H and O–H groups in total. The number of hydrogen-bond acceptors (Lipinski definition) is 3. The molecule has 0 bridgehead atoms. The number of benzene rings is 2. The van der Waals surface area contributed by atoms with Gasteiger partial charge in [0.25, 0.3) is 0 Å². The molecule has 0 aliphatic rings. The maximum atomic E-state index is 12.0. The van der Waals surface area contributed by atoms with Crippen molar-refractivity contribution in [3.8, 4) is 0 Å². The van der Waals surface area contributed by atoms with Crippen LogP contribution in [0.2, 0.25) is 0 Å². The molecule has 5 heteroatoms. The van der Waals surface area contributed by atoms with E-state index in [1.807, 2.05) is 55.5 Å². The van der Waals surface area contributed by atoms with Crippen LogP contribution in [0.1, 0.15) is 30.9 Å². The second-order valence-electron chi connectivity index (χ2n) is 6.18. The Hall–Kier alpha value is -2.27. The molecule has 0 radical (unpaired) electrons. The molecule has 0 spiro atoms. The van der Waals surface area contributed by atoms with E-state index in [9.17, 15) is 9.59 Å². The zero-order chi connectivity index (χ0) is 18.8. The summed E-state index contributed by atoms with van der Waals surface area (Å²) in [6, 6.07) is 15.7. The van der Waals surface area contributed by atoms with Crippen LogP contribution in [-0.4, -0.2) is 23.3 Å². The van der Waals surface area contributed by atoms with Crippen LogP contribution in [0.15, 0.2) is 48.5 Å². The first-order chi connectivity index (χ1) is 12.6. The number of nitrogens with one attached hydrogen (secondary N) is 2. The standard InChI is InChI=1S/C21H26N2O2S/c1-3-17-8-5-10-19(14-17)23-21(25)15-26-12-6-11-20(24)22-18-9-4-7-16(2)13-18/h4-5,7-10,13-14H,3,6,11-12,15H2,1-2H3,(H,22,24)(H,23,25). The summed E-state index contributed by atoms with van der Waals surface area (Å²) in [7, 11) is 0. The van der Waals surface area contributed by atoms with E-state index in [1.54, 1.807) is 11.8 Å². The van der Waals surface area contributed by atoms with E-state index < -0.39 is 0 Å².